The number of ketones is 1. The number of carbonyl (C=O) groups excluding carboxylic acids is 2. The molecule has 0 spiro atoms. The standard InChI is InChI=1S/C14H16N2O3/c1-9-8-15-12(14(18)16-9)7-13(17)10-3-5-11(19-2)6-4-10/h3-7,9,15H,8H2,1-2H3,(H,16,18)/b12-7-. The van der Waals surface area contributed by atoms with Crippen molar-refractivity contribution in [1.82, 2.24) is 10.6 Å². The summed E-state index contributed by atoms with van der Waals surface area (Å²) in [7, 11) is 1.57. The van der Waals surface area contributed by atoms with E-state index in [1.165, 1.54) is 6.08 Å². The number of piperazine rings is 1. The van der Waals surface area contributed by atoms with Crippen LogP contribution in [0.5, 0.6) is 5.75 Å². The van der Waals surface area contributed by atoms with E-state index in [0.29, 0.717) is 23.6 Å². The summed E-state index contributed by atoms with van der Waals surface area (Å²) >= 11 is 0. The zero-order valence-corrected chi connectivity index (χ0v) is 10.9. The molecule has 2 rings (SSSR count). The van der Waals surface area contributed by atoms with E-state index >= 15 is 0 Å². The van der Waals surface area contributed by atoms with Crippen LogP contribution in [0.2, 0.25) is 0 Å². The lowest BCUT2D eigenvalue weighted by atomic mass is 10.1. The summed E-state index contributed by atoms with van der Waals surface area (Å²) in [6.45, 7) is 2.51. The summed E-state index contributed by atoms with van der Waals surface area (Å²) in [6, 6.07) is 6.83. The lowest BCUT2D eigenvalue weighted by molar-refractivity contribution is -0.119. The Bertz CT molecular complexity index is 520. The molecule has 5 nitrogen and oxygen atoms in total. The van der Waals surface area contributed by atoms with E-state index in [9.17, 15) is 9.59 Å². The molecular weight excluding hydrogens is 244 g/mol. The van der Waals surface area contributed by atoms with Crippen LogP contribution in [-0.2, 0) is 4.79 Å². The summed E-state index contributed by atoms with van der Waals surface area (Å²) in [5.41, 5.74) is 0.820. The van der Waals surface area contributed by atoms with Crippen molar-refractivity contribution in [2.24, 2.45) is 0 Å². The van der Waals surface area contributed by atoms with Crippen molar-refractivity contribution >= 4 is 11.7 Å². The zero-order chi connectivity index (χ0) is 13.8. The van der Waals surface area contributed by atoms with Crippen LogP contribution in [0.3, 0.4) is 0 Å². The van der Waals surface area contributed by atoms with Crippen molar-refractivity contribution in [3.63, 3.8) is 0 Å². The van der Waals surface area contributed by atoms with Gasteiger partial charge in [-0.3, -0.25) is 9.59 Å². The SMILES string of the molecule is COc1ccc(C(=O)/C=C2\NCC(C)NC2=O)cc1. The molecule has 1 aromatic rings. The second kappa shape index (κ2) is 5.56. The van der Waals surface area contributed by atoms with Crippen molar-refractivity contribution < 1.29 is 14.3 Å². The molecule has 0 radical (unpaired) electrons. The molecule has 1 aliphatic heterocycles. The number of nitrogens with one attached hydrogen (secondary N) is 2. The molecule has 0 saturated carbocycles. The maximum Gasteiger partial charge on any atom is 0.267 e. The van der Waals surface area contributed by atoms with E-state index in [0.717, 1.165) is 0 Å². The van der Waals surface area contributed by atoms with Crippen LogP contribution in [0.1, 0.15) is 17.3 Å². The molecule has 0 aliphatic carbocycles. The third-order valence-electron chi connectivity index (χ3n) is 2.87. The molecule has 19 heavy (non-hydrogen) atoms. The highest BCUT2D eigenvalue weighted by molar-refractivity contribution is 6.09. The van der Waals surface area contributed by atoms with Gasteiger partial charge < -0.3 is 15.4 Å². The van der Waals surface area contributed by atoms with Gasteiger partial charge in [0, 0.05) is 24.2 Å². The molecule has 1 amide bonds. The van der Waals surface area contributed by atoms with Crippen LogP contribution in [0.15, 0.2) is 36.0 Å². The number of methoxy groups -OCH3 is 1. The molecule has 1 aromatic carbocycles. The van der Waals surface area contributed by atoms with E-state index in [4.69, 9.17) is 4.74 Å². The molecule has 1 aliphatic rings. The average Bonchev–Trinajstić information content (AvgIpc) is 2.42. The van der Waals surface area contributed by atoms with Gasteiger partial charge in [0.05, 0.1) is 7.11 Å². The number of rotatable bonds is 3. The monoisotopic (exact) mass is 260 g/mol. The Labute approximate surface area is 111 Å². The first kappa shape index (κ1) is 13.1. The van der Waals surface area contributed by atoms with E-state index in [-0.39, 0.29) is 17.7 Å². The van der Waals surface area contributed by atoms with Gasteiger partial charge in [-0.1, -0.05) is 0 Å². The van der Waals surface area contributed by atoms with Crippen molar-refractivity contribution in [2.45, 2.75) is 13.0 Å². The minimum atomic E-state index is -0.249. The van der Waals surface area contributed by atoms with Crippen LogP contribution in [0.4, 0.5) is 0 Å². The maximum absolute atomic E-state index is 12.0. The third-order valence-corrected chi connectivity index (χ3v) is 2.87. The van der Waals surface area contributed by atoms with Crippen molar-refractivity contribution in [2.75, 3.05) is 13.7 Å². The van der Waals surface area contributed by atoms with E-state index in [1.807, 2.05) is 6.92 Å². The first-order valence-electron chi connectivity index (χ1n) is 6.05. The highest BCUT2D eigenvalue weighted by atomic mass is 16.5. The van der Waals surface area contributed by atoms with Crippen molar-refractivity contribution in [1.29, 1.82) is 0 Å². The average molecular weight is 260 g/mol. The first-order valence-corrected chi connectivity index (χ1v) is 6.05. The molecule has 1 atom stereocenters. The van der Waals surface area contributed by atoms with Gasteiger partial charge in [-0.25, -0.2) is 0 Å². The van der Waals surface area contributed by atoms with Gasteiger partial charge in [0.25, 0.3) is 5.91 Å². The Morgan fingerprint density at radius 3 is 2.63 bits per heavy atom. The van der Waals surface area contributed by atoms with Gasteiger partial charge in [0.1, 0.15) is 11.4 Å². The number of carbonyl (C=O) groups is 2. The lowest BCUT2D eigenvalue weighted by Gasteiger charge is -2.23. The molecule has 1 unspecified atom stereocenters. The molecule has 2 N–H and O–H groups in total. The molecular formula is C14H16N2O3. The number of hydrogen-bond donors (Lipinski definition) is 2. The Morgan fingerprint density at radius 2 is 2.05 bits per heavy atom. The van der Waals surface area contributed by atoms with Crippen LogP contribution >= 0.6 is 0 Å². The smallest absolute Gasteiger partial charge is 0.267 e. The second-order valence-corrected chi connectivity index (χ2v) is 4.41. The number of hydrogen-bond acceptors (Lipinski definition) is 4. The normalized spacial score (nSPS) is 20.6. The molecule has 5 heteroatoms. The Balaban J connectivity index is 2.13. The highest BCUT2D eigenvalue weighted by Crippen LogP contribution is 2.12. The topological polar surface area (TPSA) is 67.4 Å². The van der Waals surface area contributed by atoms with E-state index in [1.54, 1.807) is 31.4 Å². The number of allylic oxidation sites excluding steroid dienone is 1. The molecule has 1 saturated heterocycles. The number of benzene rings is 1. The predicted molar refractivity (Wildman–Crippen MR) is 71.0 cm³/mol. The summed E-state index contributed by atoms with van der Waals surface area (Å²) < 4.78 is 5.02. The molecule has 1 heterocycles. The van der Waals surface area contributed by atoms with Crippen LogP contribution in [0.25, 0.3) is 0 Å². The summed E-state index contributed by atoms with van der Waals surface area (Å²) in [5.74, 6) is 0.224. The fraction of sp³-hybridized carbons (Fsp3) is 0.286. The van der Waals surface area contributed by atoms with Gasteiger partial charge in [-0.05, 0) is 31.2 Å². The lowest BCUT2D eigenvalue weighted by Crippen LogP contribution is -2.49. The molecule has 0 bridgehead atoms. The van der Waals surface area contributed by atoms with Gasteiger partial charge >= 0.3 is 0 Å². The zero-order valence-electron chi connectivity index (χ0n) is 10.9. The molecule has 100 valence electrons. The van der Waals surface area contributed by atoms with E-state index < -0.39 is 0 Å². The predicted octanol–water partition coefficient (Wildman–Crippen LogP) is 0.870. The van der Waals surface area contributed by atoms with Gasteiger partial charge in [0.2, 0.25) is 0 Å². The van der Waals surface area contributed by atoms with Gasteiger partial charge in [-0.15, -0.1) is 0 Å². The third kappa shape index (κ3) is 3.13. The fourth-order valence-corrected chi connectivity index (χ4v) is 1.78. The van der Waals surface area contributed by atoms with Crippen LogP contribution in [0, 0.1) is 0 Å². The summed E-state index contributed by atoms with van der Waals surface area (Å²) in [6.07, 6.45) is 1.32. The minimum Gasteiger partial charge on any atom is -0.497 e. The van der Waals surface area contributed by atoms with Crippen molar-refractivity contribution in [3.8, 4) is 5.75 Å². The van der Waals surface area contributed by atoms with Gasteiger partial charge in [0.15, 0.2) is 5.78 Å². The maximum atomic E-state index is 12.0. The quantitative estimate of drug-likeness (QED) is 0.625. The van der Waals surface area contributed by atoms with Crippen LogP contribution in [-0.4, -0.2) is 31.4 Å². The minimum absolute atomic E-state index is 0.0701. The Kier molecular flexibility index (Phi) is 3.85. The van der Waals surface area contributed by atoms with E-state index in [2.05, 4.69) is 10.6 Å². The van der Waals surface area contributed by atoms with Gasteiger partial charge in [-0.2, -0.15) is 0 Å². The number of ether oxygens (including phenoxy) is 1. The Morgan fingerprint density at radius 1 is 1.37 bits per heavy atom. The summed E-state index contributed by atoms with van der Waals surface area (Å²) in [4.78, 5) is 23.7. The van der Waals surface area contributed by atoms with Crippen LogP contribution < -0.4 is 15.4 Å². The summed E-state index contributed by atoms with van der Waals surface area (Å²) in [5, 5.41) is 5.71. The Hall–Kier alpha value is -2.30. The highest BCUT2D eigenvalue weighted by Gasteiger charge is 2.19. The number of amides is 1. The second-order valence-electron chi connectivity index (χ2n) is 4.41. The largest absolute Gasteiger partial charge is 0.497 e. The first-order chi connectivity index (χ1) is 9.10. The molecule has 0 aromatic heterocycles. The fourth-order valence-electron chi connectivity index (χ4n) is 1.78. The molecule has 1 fully saturated rings. The van der Waals surface area contributed by atoms with Crippen molar-refractivity contribution in [3.05, 3.63) is 41.6 Å².